The Labute approximate surface area is 147 Å². The first-order valence-electron chi connectivity index (χ1n) is 7.59. The summed E-state index contributed by atoms with van der Waals surface area (Å²) in [7, 11) is 0. The third-order valence-corrected chi connectivity index (χ3v) is 3.76. The topological polar surface area (TPSA) is 92.5 Å². The molecule has 0 bridgehead atoms. The van der Waals surface area contributed by atoms with Gasteiger partial charge in [0.2, 0.25) is 0 Å². The fraction of sp³-hybridized carbons (Fsp3) is 0. The van der Waals surface area contributed by atoms with Gasteiger partial charge >= 0.3 is 5.97 Å². The molecule has 0 unspecified atom stereocenters. The highest BCUT2D eigenvalue weighted by atomic mass is 19.1. The molecule has 0 atom stereocenters. The number of nitro groups is 1. The second kappa shape index (κ2) is 7.02. The first-order valence-corrected chi connectivity index (χ1v) is 7.59. The molecule has 0 heterocycles. The van der Waals surface area contributed by atoms with Gasteiger partial charge in [0.15, 0.2) is 0 Å². The maximum Gasteiger partial charge on any atom is 0.337 e. The van der Waals surface area contributed by atoms with Crippen molar-refractivity contribution in [1.29, 1.82) is 0 Å². The van der Waals surface area contributed by atoms with Crippen molar-refractivity contribution in [3.63, 3.8) is 0 Å². The fourth-order valence-electron chi connectivity index (χ4n) is 2.50. The van der Waals surface area contributed by atoms with Crippen LogP contribution in [-0.2, 0) is 0 Å². The molecule has 0 aliphatic rings. The Kier molecular flexibility index (Phi) is 4.62. The van der Waals surface area contributed by atoms with Crippen molar-refractivity contribution in [3.8, 4) is 11.1 Å². The van der Waals surface area contributed by atoms with Crippen molar-refractivity contribution in [2.75, 3.05) is 5.32 Å². The van der Waals surface area contributed by atoms with Crippen LogP contribution in [0.4, 0.5) is 21.5 Å². The molecular weight excluding hydrogens is 339 g/mol. The largest absolute Gasteiger partial charge is 0.478 e. The number of benzene rings is 3. The van der Waals surface area contributed by atoms with Gasteiger partial charge in [0.25, 0.3) is 5.69 Å². The van der Waals surface area contributed by atoms with E-state index in [0.717, 1.165) is 0 Å². The van der Waals surface area contributed by atoms with Crippen LogP contribution in [-0.4, -0.2) is 16.0 Å². The number of halogens is 1. The monoisotopic (exact) mass is 352 g/mol. The summed E-state index contributed by atoms with van der Waals surface area (Å²) in [6.07, 6.45) is 0. The number of hydrogen-bond acceptors (Lipinski definition) is 4. The zero-order chi connectivity index (χ0) is 18.7. The first kappa shape index (κ1) is 17.1. The van der Waals surface area contributed by atoms with Crippen LogP contribution >= 0.6 is 0 Å². The maximum atomic E-state index is 13.0. The molecule has 0 saturated heterocycles. The average Bonchev–Trinajstić information content (AvgIpc) is 2.63. The van der Waals surface area contributed by atoms with Crippen molar-refractivity contribution < 1.29 is 19.2 Å². The summed E-state index contributed by atoms with van der Waals surface area (Å²) < 4.78 is 13.0. The van der Waals surface area contributed by atoms with Gasteiger partial charge in [0, 0.05) is 17.8 Å². The Morgan fingerprint density at radius 2 is 1.69 bits per heavy atom. The number of hydrogen-bond donors (Lipinski definition) is 2. The summed E-state index contributed by atoms with van der Waals surface area (Å²) in [5.74, 6) is -1.53. The number of nitrogens with zero attached hydrogens (tertiary/aromatic N) is 1. The third-order valence-electron chi connectivity index (χ3n) is 3.76. The average molecular weight is 352 g/mol. The standard InChI is InChI=1S/C19H13FN2O4/c20-14-5-7-15(8-6-14)21-18-11-13(4-9-17(18)19(23)24)12-2-1-3-16(10-12)22(25)26/h1-11,21H,(H,23,24). The highest BCUT2D eigenvalue weighted by Crippen LogP contribution is 2.30. The van der Waals surface area contributed by atoms with Crippen LogP contribution in [0, 0.1) is 15.9 Å². The molecule has 0 amide bonds. The van der Waals surface area contributed by atoms with Gasteiger partial charge < -0.3 is 10.4 Å². The number of carboxylic acid groups (broad SMARTS) is 1. The summed E-state index contributed by atoms with van der Waals surface area (Å²) in [5.41, 5.74) is 1.99. The number of carbonyl (C=O) groups is 1. The molecule has 0 aliphatic heterocycles. The molecule has 6 nitrogen and oxygen atoms in total. The van der Waals surface area contributed by atoms with Crippen molar-refractivity contribution in [2.24, 2.45) is 0 Å². The van der Waals surface area contributed by atoms with Gasteiger partial charge in [-0.05, 0) is 47.5 Å². The number of aromatic carboxylic acids is 1. The van der Waals surface area contributed by atoms with E-state index in [1.54, 1.807) is 24.3 Å². The predicted molar refractivity (Wildman–Crippen MR) is 95.2 cm³/mol. The molecule has 130 valence electrons. The van der Waals surface area contributed by atoms with Crippen molar-refractivity contribution in [1.82, 2.24) is 0 Å². The Bertz CT molecular complexity index is 987. The first-order chi connectivity index (χ1) is 12.4. The molecule has 0 spiro atoms. The Morgan fingerprint density at radius 1 is 1.00 bits per heavy atom. The second-order valence-electron chi connectivity index (χ2n) is 5.50. The van der Waals surface area contributed by atoms with E-state index in [-0.39, 0.29) is 11.3 Å². The van der Waals surface area contributed by atoms with Gasteiger partial charge in [-0.3, -0.25) is 10.1 Å². The van der Waals surface area contributed by atoms with Crippen LogP contribution in [0.1, 0.15) is 10.4 Å². The van der Waals surface area contributed by atoms with Crippen LogP contribution < -0.4 is 5.32 Å². The van der Waals surface area contributed by atoms with E-state index in [1.165, 1.54) is 42.5 Å². The molecule has 0 aliphatic carbocycles. The summed E-state index contributed by atoms with van der Waals surface area (Å²) >= 11 is 0. The quantitative estimate of drug-likeness (QED) is 0.506. The Balaban J connectivity index is 2.03. The van der Waals surface area contributed by atoms with Gasteiger partial charge in [-0.25, -0.2) is 9.18 Å². The van der Waals surface area contributed by atoms with Crippen LogP contribution in [0.25, 0.3) is 11.1 Å². The smallest absolute Gasteiger partial charge is 0.337 e. The summed E-state index contributed by atoms with van der Waals surface area (Å²) in [4.78, 5) is 21.9. The van der Waals surface area contributed by atoms with Crippen molar-refractivity contribution in [2.45, 2.75) is 0 Å². The maximum absolute atomic E-state index is 13.0. The highest BCUT2D eigenvalue weighted by molar-refractivity contribution is 5.96. The zero-order valence-corrected chi connectivity index (χ0v) is 13.3. The molecule has 3 rings (SSSR count). The minimum absolute atomic E-state index is 0.0310. The SMILES string of the molecule is O=C(O)c1ccc(-c2cccc([N+](=O)[O-])c2)cc1Nc1ccc(F)cc1. The second-order valence-corrected chi connectivity index (χ2v) is 5.50. The molecule has 0 saturated carbocycles. The normalized spacial score (nSPS) is 10.3. The van der Waals surface area contributed by atoms with E-state index < -0.39 is 16.7 Å². The molecule has 26 heavy (non-hydrogen) atoms. The molecule has 2 N–H and O–H groups in total. The van der Waals surface area contributed by atoms with Crippen LogP contribution in [0.15, 0.2) is 66.7 Å². The lowest BCUT2D eigenvalue weighted by Crippen LogP contribution is -2.03. The van der Waals surface area contributed by atoms with E-state index in [9.17, 15) is 24.4 Å². The number of nitrogens with one attached hydrogen (secondary N) is 1. The number of anilines is 2. The number of carboxylic acids is 1. The van der Waals surface area contributed by atoms with Gasteiger partial charge in [-0.2, -0.15) is 0 Å². The molecule has 0 fully saturated rings. The fourth-order valence-corrected chi connectivity index (χ4v) is 2.50. The molecule has 0 aromatic heterocycles. The highest BCUT2D eigenvalue weighted by Gasteiger charge is 2.13. The summed E-state index contributed by atoms with van der Waals surface area (Å²) in [6, 6.07) is 16.1. The predicted octanol–water partition coefficient (Wildman–Crippen LogP) is 4.84. The van der Waals surface area contributed by atoms with Gasteiger partial charge in [-0.15, -0.1) is 0 Å². The lowest BCUT2D eigenvalue weighted by Gasteiger charge is -2.12. The van der Waals surface area contributed by atoms with Gasteiger partial charge in [0.1, 0.15) is 5.82 Å². The van der Waals surface area contributed by atoms with Crippen LogP contribution in [0.2, 0.25) is 0 Å². The van der Waals surface area contributed by atoms with E-state index in [2.05, 4.69) is 5.32 Å². The summed E-state index contributed by atoms with van der Waals surface area (Å²) in [5, 5.41) is 23.3. The van der Waals surface area contributed by atoms with E-state index >= 15 is 0 Å². The lowest BCUT2D eigenvalue weighted by atomic mass is 10.0. The number of rotatable bonds is 5. The number of nitro benzene ring substituents is 1. The molecule has 7 heteroatoms. The summed E-state index contributed by atoms with van der Waals surface area (Å²) in [6.45, 7) is 0. The Morgan fingerprint density at radius 3 is 2.35 bits per heavy atom. The molecule has 3 aromatic rings. The number of non-ortho nitro benzene ring substituents is 1. The van der Waals surface area contributed by atoms with E-state index in [4.69, 9.17) is 0 Å². The van der Waals surface area contributed by atoms with Crippen molar-refractivity contribution >= 4 is 23.0 Å². The van der Waals surface area contributed by atoms with Gasteiger partial charge in [-0.1, -0.05) is 18.2 Å². The molecule has 0 radical (unpaired) electrons. The molecular formula is C19H13FN2O4. The molecule has 3 aromatic carbocycles. The Hall–Kier alpha value is -3.74. The van der Waals surface area contributed by atoms with E-state index in [1.807, 2.05) is 0 Å². The van der Waals surface area contributed by atoms with Crippen LogP contribution in [0.3, 0.4) is 0 Å². The van der Waals surface area contributed by atoms with Crippen molar-refractivity contribution in [3.05, 3.63) is 88.2 Å². The van der Waals surface area contributed by atoms with Gasteiger partial charge in [0.05, 0.1) is 16.2 Å². The minimum atomic E-state index is -1.12. The van der Waals surface area contributed by atoms with Crippen LogP contribution in [0.5, 0.6) is 0 Å². The lowest BCUT2D eigenvalue weighted by molar-refractivity contribution is -0.384. The van der Waals surface area contributed by atoms with E-state index in [0.29, 0.717) is 22.5 Å². The zero-order valence-electron chi connectivity index (χ0n) is 13.3. The minimum Gasteiger partial charge on any atom is -0.478 e. The third kappa shape index (κ3) is 3.67.